The van der Waals surface area contributed by atoms with Gasteiger partial charge in [-0.25, -0.2) is 12.8 Å². The minimum absolute atomic E-state index is 0.182. The van der Waals surface area contributed by atoms with Gasteiger partial charge in [0.15, 0.2) is 0 Å². The highest BCUT2D eigenvalue weighted by Gasteiger charge is 2.24. The van der Waals surface area contributed by atoms with Gasteiger partial charge in [0, 0.05) is 13.6 Å². The van der Waals surface area contributed by atoms with Gasteiger partial charge >= 0.3 is 0 Å². The maximum absolute atomic E-state index is 13.8. The zero-order chi connectivity index (χ0) is 16.4. The largest absolute Gasteiger partial charge is 0.246 e. The molecule has 23 heavy (non-hydrogen) atoms. The van der Waals surface area contributed by atoms with Crippen molar-refractivity contribution >= 4 is 20.8 Å². The molecule has 118 valence electrons. The molecule has 0 amide bonds. The van der Waals surface area contributed by atoms with Crippen LogP contribution in [0, 0.1) is 5.82 Å². The summed E-state index contributed by atoms with van der Waals surface area (Å²) in [7, 11) is -2.41. The van der Waals surface area contributed by atoms with Crippen molar-refractivity contribution in [2.24, 2.45) is 0 Å². The van der Waals surface area contributed by atoms with Crippen molar-refractivity contribution in [3.63, 3.8) is 0 Å². The van der Waals surface area contributed by atoms with Gasteiger partial charge < -0.3 is 0 Å². The number of rotatable bonds is 4. The minimum Gasteiger partial charge on any atom is -0.207 e. The van der Waals surface area contributed by atoms with Crippen molar-refractivity contribution < 1.29 is 12.8 Å². The molecule has 0 unspecified atom stereocenters. The van der Waals surface area contributed by atoms with Gasteiger partial charge in [0.05, 0.1) is 0 Å². The average Bonchev–Trinajstić information content (AvgIpc) is 2.55. The van der Waals surface area contributed by atoms with Gasteiger partial charge in [0.1, 0.15) is 10.7 Å². The first kappa shape index (κ1) is 15.6. The molecule has 0 heterocycles. The highest BCUT2D eigenvalue weighted by Crippen LogP contribution is 2.21. The minimum atomic E-state index is -3.86. The molecular weight excluding hydrogens is 313 g/mol. The maximum Gasteiger partial charge on any atom is 0.246 e. The Morgan fingerprint density at radius 2 is 1.57 bits per heavy atom. The van der Waals surface area contributed by atoms with Gasteiger partial charge in [-0.3, -0.25) is 0 Å². The SMILES string of the molecule is CN(Cc1ccc2ccccc2c1)S(=O)(=O)c1ccccc1F. The zero-order valence-corrected chi connectivity index (χ0v) is 13.4. The Balaban J connectivity index is 1.90. The van der Waals surface area contributed by atoms with Crippen LogP contribution in [0.25, 0.3) is 10.8 Å². The van der Waals surface area contributed by atoms with Crippen molar-refractivity contribution in [1.82, 2.24) is 4.31 Å². The second-order valence-corrected chi connectivity index (χ2v) is 7.39. The van der Waals surface area contributed by atoms with Crippen LogP contribution in [0.3, 0.4) is 0 Å². The Morgan fingerprint density at radius 3 is 2.30 bits per heavy atom. The van der Waals surface area contributed by atoms with E-state index >= 15 is 0 Å². The summed E-state index contributed by atoms with van der Waals surface area (Å²) in [4.78, 5) is -0.303. The first-order valence-electron chi connectivity index (χ1n) is 7.17. The summed E-state index contributed by atoms with van der Waals surface area (Å²) in [6.07, 6.45) is 0. The molecule has 0 aromatic heterocycles. The molecule has 3 aromatic carbocycles. The van der Waals surface area contributed by atoms with Crippen LogP contribution in [0.4, 0.5) is 4.39 Å². The molecule has 0 radical (unpaired) electrons. The molecule has 3 rings (SSSR count). The fourth-order valence-corrected chi connectivity index (χ4v) is 3.72. The number of halogens is 1. The number of sulfonamides is 1. The number of hydrogen-bond donors (Lipinski definition) is 0. The number of benzene rings is 3. The van der Waals surface area contributed by atoms with Crippen LogP contribution < -0.4 is 0 Å². The van der Waals surface area contributed by atoms with Gasteiger partial charge in [-0.15, -0.1) is 0 Å². The van der Waals surface area contributed by atoms with Crippen LogP contribution in [0.1, 0.15) is 5.56 Å². The Hall–Kier alpha value is -2.24. The molecular formula is C18H16FNO2S. The van der Waals surface area contributed by atoms with E-state index in [1.807, 2.05) is 42.5 Å². The average molecular weight is 329 g/mol. The lowest BCUT2D eigenvalue weighted by molar-refractivity contribution is 0.460. The van der Waals surface area contributed by atoms with Gasteiger partial charge in [-0.05, 0) is 34.5 Å². The van der Waals surface area contributed by atoms with Crippen LogP contribution in [-0.2, 0) is 16.6 Å². The first-order valence-corrected chi connectivity index (χ1v) is 8.61. The van der Waals surface area contributed by atoms with Crippen LogP contribution >= 0.6 is 0 Å². The van der Waals surface area contributed by atoms with Crippen molar-refractivity contribution in [2.75, 3.05) is 7.05 Å². The van der Waals surface area contributed by atoms with Gasteiger partial charge in [-0.1, -0.05) is 48.5 Å². The number of hydrogen-bond acceptors (Lipinski definition) is 2. The van der Waals surface area contributed by atoms with E-state index in [2.05, 4.69) is 0 Å². The highest BCUT2D eigenvalue weighted by molar-refractivity contribution is 7.89. The van der Waals surface area contributed by atoms with E-state index in [1.54, 1.807) is 0 Å². The third kappa shape index (κ3) is 3.11. The molecule has 5 heteroatoms. The Morgan fingerprint density at radius 1 is 0.913 bits per heavy atom. The molecule has 0 bridgehead atoms. The van der Waals surface area contributed by atoms with Crippen LogP contribution in [-0.4, -0.2) is 19.8 Å². The highest BCUT2D eigenvalue weighted by atomic mass is 32.2. The van der Waals surface area contributed by atoms with Crippen LogP contribution in [0.2, 0.25) is 0 Å². The van der Waals surface area contributed by atoms with E-state index in [1.165, 1.54) is 25.2 Å². The molecule has 0 aliphatic carbocycles. The molecule has 3 nitrogen and oxygen atoms in total. The number of nitrogens with zero attached hydrogens (tertiary/aromatic N) is 1. The predicted molar refractivity (Wildman–Crippen MR) is 89.0 cm³/mol. The predicted octanol–water partition coefficient (Wildman–Crippen LogP) is 3.80. The van der Waals surface area contributed by atoms with Crippen molar-refractivity contribution in [3.05, 3.63) is 78.1 Å². The fraction of sp³-hybridized carbons (Fsp3) is 0.111. The Labute approximate surface area is 135 Å². The van der Waals surface area contributed by atoms with Crippen molar-refractivity contribution in [3.8, 4) is 0 Å². The molecule has 0 aliphatic heterocycles. The maximum atomic E-state index is 13.8. The summed E-state index contributed by atoms with van der Waals surface area (Å²) in [6, 6.07) is 19.1. The van der Waals surface area contributed by atoms with Gasteiger partial charge in [0.2, 0.25) is 10.0 Å². The van der Waals surface area contributed by atoms with E-state index in [-0.39, 0.29) is 11.4 Å². The second kappa shape index (κ2) is 6.10. The fourth-order valence-electron chi connectivity index (χ4n) is 2.50. The quantitative estimate of drug-likeness (QED) is 0.730. The van der Waals surface area contributed by atoms with E-state index in [0.29, 0.717) is 0 Å². The smallest absolute Gasteiger partial charge is 0.207 e. The Kier molecular flexibility index (Phi) is 4.15. The molecule has 0 saturated carbocycles. The van der Waals surface area contributed by atoms with E-state index in [9.17, 15) is 12.8 Å². The monoisotopic (exact) mass is 329 g/mol. The molecule has 0 N–H and O–H groups in total. The molecule has 0 aliphatic rings. The summed E-state index contributed by atoms with van der Waals surface area (Å²) in [6.45, 7) is 0.182. The zero-order valence-electron chi connectivity index (χ0n) is 12.6. The summed E-state index contributed by atoms with van der Waals surface area (Å²) < 4.78 is 40.0. The molecule has 0 fully saturated rings. The summed E-state index contributed by atoms with van der Waals surface area (Å²) in [5, 5.41) is 2.14. The lowest BCUT2D eigenvalue weighted by Crippen LogP contribution is -2.27. The van der Waals surface area contributed by atoms with E-state index in [4.69, 9.17) is 0 Å². The van der Waals surface area contributed by atoms with Gasteiger partial charge in [0.25, 0.3) is 0 Å². The topological polar surface area (TPSA) is 37.4 Å². The van der Waals surface area contributed by atoms with Crippen LogP contribution in [0.5, 0.6) is 0 Å². The standard InChI is InChI=1S/C18H16FNO2S/c1-20(23(21,22)18-9-5-4-8-17(18)19)13-14-10-11-15-6-2-3-7-16(15)12-14/h2-12H,13H2,1H3. The normalized spacial score (nSPS) is 12.0. The lowest BCUT2D eigenvalue weighted by Gasteiger charge is -2.18. The molecule has 0 atom stereocenters. The molecule has 3 aromatic rings. The molecule has 0 spiro atoms. The third-order valence-electron chi connectivity index (χ3n) is 3.74. The second-order valence-electron chi connectivity index (χ2n) is 5.37. The van der Waals surface area contributed by atoms with E-state index < -0.39 is 15.8 Å². The summed E-state index contributed by atoms with van der Waals surface area (Å²) in [5.41, 5.74) is 0.853. The van der Waals surface area contributed by atoms with Crippen LogP contribution in [0.15, 0.2) is 71.6 Å². The molecule has 0 saturated heterocycles. The summed E-state index contributed by atoms with van der Waals surface area (Å²) in [5.74, 6) is -0.738. The van der Waals surface area contributed by atoms with Gasteiger partial charge in [-0.2, -0.15) is 4.31 Å². The van der Waals surface area contributed by atoms with E-state index in [0.717, 1.165) is 26.7 Å². The number of fused-ring (bicyclic) bond motifs is 1. The summed E-state index contributed by atoms with van der Waals surface area (Å²) >= 11 is 0. The lowest BCUT2D eigenvalue weighted by atomic mass is 10.1. The third-order valence-corrected chi connectivity index (χ3v) is 5.58. The Bertz CT molecular complexity index is 954. The van der Waals surface area contributed by atoms with Crippen molar-refractivity contribution in [2.45, 2.75) is 11.4 Å². The van der Waals surface area contributed by atoms with Crippen molar-refractivity contribution in [1.29, 1.82) is 0 Å². The first-order chi connectivity index (χ1) is 11.0.